The van der Waals surface area contributed by atoms with Crippen molar-refractivity contribution in [2.75, 3.05) is 7.11 Å². The summed E-state index contributed by atoms with van der Waals surface area (Å²) in [6.07, 6.45) is 0. The summed E-state index contributed by atoms with van der Waals surface area (Å²) in [5.74, 6) is 0.589. The highest BCUT2D eigenvalue weighted by Gasteiger charge is 2.14. The van der Waals surface area contributed by atoms with Crippen LogP contribution in [0.3, 0.4) is 0 Å². The summed E-state index contributed by atoms with van der Waals surface area (Å²) in [5.41, 5.74) is 0.878. The van der Waals surface area contributed by atoms with Gasteiger partial charge in [-0.1, -0.05) is 13.8 Å². The third kappa shape index (κ3) is 3.97. The van der Waals surface area contributed by atoms with Crippen LogP contribution in [-0.4, -0.2) is 43.3 Å². The van der Waals surface area contributed by atoms with Crippen molar-refractivity contribution in [2.45, 2.75) is 43.4 Å². The van der Waals surface area contributed by atoms with Gasteiger partial charge in [0, 0.05) is 11.6 Å². The van der Waals surface area contributed by atoms with Gasteiger partial charge >= 0.3 is 5.97 Å². The second kappa shape index (κ2) is 6.61. The number of aromatic nitrogens is 6. The molecule has 8 nitrogen and oxygen atoms in total. The minimum Gasteiger partial charge on any atom is -0.468 e. The van der Waals surface area contributed by atoms with E-state index in [1.807, 2.05) is 26.8 Å². The summed E-state index contributed by atoms with van der Waals surface area (Å²) >= 11 is 1.29. The van der Waals surface area contributed by atoms with Gasteiger partial charge in [0.15, 0.2) is 0 Å². The van der Waals surface area contributed by atoms with E-state index < -0.39 is 5.97 Å². The lowest BCUT2D eigenvalue weighted by molar-refractivity contribution is -0.141. The molecule has 112 valence electrons. The zero-order valence-corrected chi connectivity index (χ0v) is 13.1. The lowest BCUT2D eigenvalue weighted by Gasteiger charge is -2.07. The number of tetrazole rings is 1. The van der Waals surface area contributed by atoms with Crippen LogP contribution in [0, 0.1) is 6.92 Å². The van der Waals surface area contributed by atoms with Crippen molar-refractivity contribution < 1.29 is 9.53 Å². The monoisotopic (exact) mass is 308 g/mol. The van der Waals surface area contributed by atoms with Gasteiger partial charge < -0.3 is 4.74 Å². The molecule has 0 radical (unpaired) electrons. The molecule has 9 heteroatoms. The van der Waals surface area contributed by atoms with Gasteiger partial charge in [0.2, 0.25) is 5.16 Å². The van der Waals surface area contributed by atoms with Crippen LogP contribution in [0.25, 0.3) is 0 Å². The van der Waals surface area contributed by atoms with E-state index in [0.29, 0.717) is 5.16 Å². The van der Waals surface area contributed by atoms with Crippen LogP contribution in [0.4, 0.5) is 0 Å². The first-order valence-electron chi connectivity index (χ1n) is 6.36. The Kier molecular flexibility index (Phi) is 4.84. The maximum atomic E-state index is 11.3. The molecule has 0 aromatic carbocycles. The van der Waals surface area contributed by atoms with Gasteiger partial charge in [-0.2, -0.15) is 0 Å². The maximum absolute atomic E-state index is 11.3. The van der Waals surface area contributed by atoms with Crippen molar-refractivity contribution in [3.63, 3.8) is 0 Å². The van der Waals surface area contributed by atoms with E-state index in [0.717, 1.165) is 16.5 Å². The summed E-state index contributed by atoms with van der Waals surface area (Å²) in [6.45, 7) is 5.94. The Bertz CT molecular complexity index is 642. The zero-order chi connectivity index (χ0) is 15.4. The molecule has 2 aromatic rings. The van der Waals surface area contributed by atoms with Crippen LogP contribution in [0.1, 0.15) is 31.3 Å². The molecule has 0 fully saturated rings. The van der Waals surface area contributed by atoms with Crippen LogP contribution in [0.2, 0.25) is 0 Å². The lowest BCUT2D eigenvalue weighted by atomic mass is 10.2. The number of nitrogens with zero attached hydrogens (tertiary/aromatic N) is 6. The third-order valence-corrected chi connectivity index (χ3v) is 3.46. The largest absolute Gasteiger partial charge is 0.468 e. The number of hydrogen-bond donors (Lipinski definition) is 0. The Morgan fingerprint density at radius 1 is 1.43 bits per heavy atom. The number of rotatable bonds is 5. The number of esters is 1. The fourth-order valence-electron chi connectivity index (χ4n) is 1.52. The van der Waals surface area contributed by atoms with Crippen molar-refractivity contribution in [1.82, 2.24) is 30.2 Å². The van der Waals surface area contributed by atoms with Gasteiger partial charge in [0.1, 0.15) is 17.4 Å². The van der Waals surface area contributed by atoms with Crippen molar-refractivity contribution in [3.8, 4) is 0 Å². The van der Waals surface area contributed by atoms with Crippen molar-refractivity contribution in [1.29, 1.82) is 0 Å². The molecular weight excluding hydrogens is 292 g/mol. The average molecular weight is 308 g/mol. The molecule has 0 saturated carbocycles. The summed E-state index contributed by atoms with van der Waals surface area (Å²) in [5, 5.41) is 12.5. The predicted molar refractivity (Wildman–Crippen MR) is 74.8 cm³/mol. The fourth-order valence-corrected chi connectivity index (χ4v) is 2.36. The van der Waals surface area contributed by atoms with Gasteiger partial charge in [0.25, 0.3) is 0 Å². The van der Waals surface area contributed by atoms with E-state index in [4.69, 9.17) is 0 Å². The Morgan fingerprint density at radius 3 is 2.86 bits per heavy atom. The highest BCUT2D eigenvalue weighted by atomic mass is 32.2. The smallest absolute Gasteiger partial charge is 0.327 e. The Morgan fingerprint density at radius 2 is 2.19 bits per heavy atom. The molecule has 0 bridgehead atoms. The summed E-state index contributed by atoms with van der Waals surface area (Å²) < 4.78 is 5.99. The minimum atomic E-state index is -0.411. The molecule has 2 heterocycles. The molecule has 0 unspecified atom stereocenters. The number of carbonyl (C=O) groups excluding carboxylic acids is 1. The average Bonchev–Trinajstić information content (AvgIpc) is 2.85. The predicted octanol–water partition coefficient (Wildman–Crippen LogP) is 1.22. The van der Waals surface area contributed by atoms with Crippen molar-refractivity contribution in [3.05, 3.63) is 17.6 Å². The minimum absolute atomic E-state index is 0.0348. The van der Waals surface area contributed by atoms with Crippen LogP contribution in [0.15, 0.2) is 16.2 Å². The molecule has 2 rings (SSSR count). The number of methoxy groups -OCH3 is 1. The van der Waals surface area contributed by atoms with E-state index in [1.54, 1.807) is 0 Å². The van der Waals surface area contributed by atoms with Crippen molar-refractivity contribution >= 4 is 17.7 Å². The highest BCUT2D eigenvalue weighted by Crippen LogP contribution is 2.25. The first-order valence-corrected chi connectivity index (χ1v) is 7.17. The molecule has 0 aliphatic carbocycles. The van der Waals surface area contributed by atoms with E-state index in [9.17, 15) is 4.79 Å². The molecule has 0 spiro atoms. The molecule has 0 atom stereocenters. The Labute approximate surface area is 126 Å². The molecule has 2 aromatic heterocycles. The second-order valence-corrected chi connectivity index (χ2v) is 5.65. The molecular formula is C12H16N6O2S. The van der Waals surface area contributed by atoms with E-state index in [-0.39, 0.29) is 12.5 Å². The number of carbonyl (C=O) groups is 1. The summed E-state index contributed by atoms with van der Waals surface area (Å²) in [6, 6.07) is 1.85. The summed E-state index contributed by atoms with van der Waals surface area (Å²) in [7, 11) is 1.32. The summed E-state index contributed by atoms with van der Waals surface area (Å²) in [4.78, 5) is 20.2. The number of ether oxygens (including phenoxy) is 1. The van der Waals surface area contributed by atoms with Gasteiger partial charge in [-0.05, 0) is 35.2 Å². The maximum Gasteiger partial charge on any atom is 0.327 e. The van der Waals surface area contributed by atoms with Gasteiger partial charge in [0.05, 0.1) is 7.11 Å². The van der Waals surface area contributed by atoms with Gasteiger partial charge in [-0.15, -0.1) is 5.10 Å². The first-order chi connectivity index (χ1) is 9.99. The molecule has 21 heavy (non-hydrogen) atoms. The van der Waals surface area contributed by atoms with Crippen molar-refractivity contribution in [2.24, 2.45) is 0 Å². The molecule has 0 aliphatic heterocycles. The standard InChI is InChI=1S/C12H16N6O2S/c1-7(2)11-13-8(3)5-9(14-11)21-12-15-16-17-18(12)6-10(19)20-4/h5,7H,6H2,1-4H3. The number of hydrogen-bond acceptors (Lipinski definition) is 8. The van der Waals surface area contributed by atoms with Crippen LogP contribution in [-0.2, 0) is 16.1 Å². The molecule has 0 saturated heterocycles. The Hall–Kier alpha value is -2.03. The zero-order valence-electron chi connectivity index (χ0n) is 12.3. The second-order valence-electron chi connectivity index (χ2n) is 4.66. The first kappa shape index (κ1) is 15.4. The van der Waals surface area contributed by atoms with Gasteiger partial charge in [-0.25, -0.2) is 14.6 Å². The number of aryl methyl sites for hydroxylation is 1. The van der Waals surface area contributed by atoms with E-state index in [2.05, 4.69) is 30.2 Å². The van der Waals surface area contributed by atoms with E-state index in [1.165, 1.54) is 23.6 Å². The molecule has 0 aliphatic rings. The fraction of sp³-hybridized carbons (Fsp3) is 0.500. The van der Waals surface area contributed by atoms with Crippen LogP contribution >= 0.6 is 11.8 Å². The topological polar surface area (TPSA) is 95.7 Å². The lowest BCUT2D eigenvalue weighted by Crippen LogP contribution is -2.13. The van der Waals surface area contributed by atoms with Crippen LogP contribution in [0.5, 0.6) is 0 Å². The third-order valence-electron chi connectivity index (χ3n) is 2.57. The quantitative estimate of drug-likeness (QED) is 0.601. The Balaban J connectivity index is 2.22. The van der Waals surface area contributed by atoms with E-state index >= 15 is 0 Å². The molecule has 0 amide bonds. The normalized spacial score (nSPS) is 10.9. The molecule has 0 N–H and O–H groups in total. The van der Waals surface area contributed by atoms with Crippen LogP contribution < -0.4 is 0 Å². The SMILES string of the molecule is COC(=O)Cn1nnnc1Sc1cc(C)nc(C(C)C)n1. The highest BCUT2D eigenvalue weighted by molar-refractivity contribution is 7.99. The van der Waals surface area contributed by atoms with Gasteiger partial charge in [-0.3, -0.25) is 4.79 Å².